The number of nitrogens with one attached hydrogen (secondary N) is 1. The molecule has 0 bridgehead atoms. The molecule has 2 heterocycles. The highest BCUT2D eigenvalue weighted by Crippen LogP contribution is 2.34. The summed E-state index contributed by atoms with van der Waals surface area (Å²) < 4.78 is 6.08. The van der Waals surface area contributed by atoms with E-state index < -0.39 is 0 Å². The third-order valence-electron chi connectivity index (χ3n) is 4.16. The highest BCUT2D eigenvalue weighted by atomic mass is 35.5. The Bertz CT molecular complexity index is 665. The van der Waals surface area contributed by atoms with Gasteiger partial charge in [-0.15, -0.1) is 0 Å². The van der Waals surface area contributed by atoms with E-state index in [9.17, 15) is 0 Å². The fourth-order valence-corrected chi connectivity index (χ4v) is 2.90. The molecule has 0 atom stereocenters. The monoisotopic (exact) mass is 304 g/mol. The van der Waals surface area contributed by atoms with Crippen LogP contribution in [-0.2, 0) is 0 Å². The second-order valence-electron chi connectivity index (χ2n) is 6.56. The second kappa shape index (κ2) is 5.47. The molecule has 3 nitrogen and oxygen atoms in total. The van der Waals surface area contributed by atoms with Crippen LogP contribution in [0.25, 0.3) is 10.8 Å². The van der Waals surface area contributed by atoms with Gasteiger partial charge in [0.05, 0.1) is 6.61 Å². The zero-order chi connectivity index (χ0) is 15.0. The van der Waals surface area contributed by atoms with Crippen LogP contribution in [0.5, 0.6) is 5.75 Å². The van der Waals surface area contributed by atoms with Crippen molar-refractivity contribution in [2.45, 2.75) is 26.7 Å². The first-order valence-corrected chi connectivity index (χ1v) is 7.78. The third kappa shape index (κ3) is 2.85. The standard InChI is InChI=1S/C17H21ClN2O/c1-11(2)12-4-5-15(21-10-17(3)8-19-9-17)14-7-20-16(18)6-13(12)14/h4-7,11,19H,8-10H2,1-3H3. The first-order valence-electron chi connectivity index (χ1n) is 7.40. The number of rotatable bonds is 4. The molecule has 1 aliphatic heterocycles. The summed E-state index contributed by atoms with van der Waals surface area (Å²) in [5.74, 6) is 1.33. The van der Waals surface area contributed by atoms with E-state index in [0.717, 1.165) is 36.2 Å². The Kier molecular flexibility index (Phi) is 3.80. The van der Waals surface area contributed by atoms with E-state index in [-0.39, 0.29) is 5.41 Å². The molecular formula is C17H21ClN2O. The Morgan fingerprint density at radius 1 is 1.33 bits per heavy atom. The molecule has 1 aromatic heterocycles. The minimum atomic E-state index is 0.239. The molecule has 0 amide bonds. The van der Waals surface area contributed by atoms with Crippen LogP contribution in [0, 0.1) is 5.41 Å². The summed E-state index contributed by atoms with van der Waals surface area (Å²) in [6, 6.07) is 6.13. The van der Waals surface area contributed by atoms with Gasteiger partial charge in [0.15, 0.2) is 0 Å². The molecule has 0 radical (unpaired) electrons. The van der Waals surface area contributed by atoms with Gasteiger partial charge in [-0.2, -0.15) is 0 Å². The Hall–Kier alpha value is -1.32. The average Bonchev–Trinajstić information content (AvgIpc) is 2.42. The summed E-state index contributed by atoms with van der Waals surface area (Å²) in [6.07, 6.45) is 1.82. The molecule has 1 aromatic carbocycles. The lowest BCUT2D eigenvalue weighted by Crippen LogP contribution is -2.54. The van der Waals surface area contributed by atoms with Crippen molar-refractivity contribution >= 4 is 22.4 Å². The van der Waals surface area contributed by atoms with Crippen molar-refractivity contribution in [1.29, 1.82) is 0 Å². The van der Waals surface area contributed by atoms with Crippen LogP contribution in [0.15, 0.2) is 24.4 Å². The number of ether oxygens (including phenoxy) is 1. The molecular weight excluding hydrogens is 284 g/mol. The fraction of sp³-hybridized carbons (Fsp3) is 0.471. The molecule has 0 unspecified atom stereocenters. The summed E-state index contributed by atoms with van der Waals surface area (Å²) in [6.45, 7) is 9.36. The first-order chi connectivity index (χ1) is 9.98. The van der Waals surface area contributed by atoms with Crippen molar-refractivity contribution in [3.63, 3.8) is 0 Å². The lowest BCUT2D eigenvalue weighted by atomic mass is 9.85. The molecule has 0 aliphatic carbocycles. The van der Waals surface area contributed by atoms with Crippen molar-refractivity contribution < 1.29 is 4.74 Å². The molecule has 0 spiro atoms. The maximum absolute atomic E-state index is 6.08. The van der Waals surface area contributed by atoms with Gasteiger partial charge in [-0.25, -0.2) is 4.98 Å². The average molecular weight is 305 g/mol. The van der Waals surface area contributed by atoms with E-state index in [1.807, 2.05) is 12.3 Å². The van der Waals surface area contributed by atoms with Gasteiger partial charge in [0.25, 0.3) is 0 Å². The molecule has 1 N–H and O–H groups in total. The Balaban J connectivity index is 1.97. The molecule has 1 aliphatic rings. The van der Waals surface area contributed by atoms with Crippen LogP contribution < -0.4 is 10.1 Å². The summed E-state index contributed by atoms with van der Waals surface area (Å²) in [7, 11) is 0. The molecule has 21 heavy (non-hydrogen) atoms. The molecule has 2 aromatic rings. The maximum atomic E-state index is 6.08. The van der Waals surface area contributed by atoms with Crippen molar-refractivity contribution in [2.24, 2.45) is 5.41 Å². The Morgan fingerprint density at radius 3 is 2.71 bits per heavy atom. The van der Waals surface area contributed by atoms with Gasteiger partial charge < -0.3 is 10.1 Å². The maximum Gasteiger partial charge on any atom is 0.129 e. The van der Waals surface area contributed by atoms with Crippen LogP contribution in [0.3, 0.4) is 0 Å². The molecule has 1 saturated heterocycles. The molecule has 3 rings (SSSR count). The SMILES string of the molecule is CC(C)c1ccc(OCC2(C)CNC2)c2cnc(Cl)cc12. The number of aromatic nitrogens is 1. The number of pyridine rings is 1. The second-order valence-corrected chi connectivity index (χ2v) is 6.95. The van der Waals surface area contributed by atoms with Crippen molar-refractivity contribution in [2.75, 3.05) is 19.7 Å². The normalized spacial score (nSPS) is 17.0. The molecule has 1 fully saturated rings. The van der Waals surface area contributed by atoms with Crippen LogP contribution >= 0.6 is 11.6 Å². The van der Waals surface area contributed by atoms with E-state index in [4.69, 9.17) is 16.3 Å². The summed E-state index contributed by atoms with van der Waals surface area (Å²) in [4.78, 5) is 4.22. The van der Waals surface area contributed by atoms with Crippen LogP contribution in [0.1, 0.15) is 32.3 Å². The third-order valence-corrected chi connectivity index (χ3v) is 4.37. The Labute approximate surface area is 130 Å². The van der Waals surface area contributed by atoms with Gasteiger partial charge in [-0.3, -0.25) is 0 Å². The summed E-state index contributed by atoms with van der Waals surface area (Å²) in [5.41, 5.74) is 1.52. The number of hydrogen-bond acceptors (Lipinski definition) is 3. The van der Waals surface area contributed by atoms with Crippen LogP contribution in [0.2, 0.25) is 5.15 Å². The molecule has 0 saturated carbocycles. The Morgan fingerprint density at radius 2 is 2.10 bits per heavy atom. The minimum absolute atomic E-state index is 0.239. The van der Waals surface area contributed by atoms with Crippen LogP contribution in [-0.4, -0.2) is 24.7 Å². The minimum Gasteiger partial charge on any atom is -0.492 e. The van der Waals surface area contributed by atoms with Crippen molar-refractivity contribution in [3.05, 3.63) is 35.1 Å². The van der Waals surface area contributed by atoms with Gasteiger partial charge >= 0.3 is 0 Å². The lowest BCUT2D eigenvalue weighted by molar-refractivity contribution is 0.103. The highest BCUT2D eigenvalue weighted by molar-refractivity contribution is 6.30. The number of benzene rings is 1. The number of hydrogen-bond donors (Lipinski definition) is 1. The largest absolute Gasteiger partial charge is 0.492 e. The van der Waals surface area contributed by atoms with Crippen molar-refractivity contribution in [1.82, 2.24) is 10.3 Å². The smallest absolute Gasteiger partial charge is 0.129 e. The highest BCUT2D eigenvalue weighted by Gasteiger charge is 2.32. The summed E-state index contributed by atoms with van der Waals surface area (Å²) in [5, 5.41) is 6.00. The number of nitrogens with zero attached hydrogens (tertiary/aromatic N) is 1. The van der Waals surface area contributed by atoms with E-state index >= 15 is 0 Å². The number of fused-ring (bicyclic) bond motifs is 1. The fourth-order valence-electron chi connectivity index (χ4n) is 2.75. The number of halogens is 1. The predicted molar refractivity (Wildman–Crippen MR) is 87.3 cm³/mol. The van der Waals surface area contributed by atoms with E-state index in [1.54, 1.807) is 0 Å². The van der Waals surface area contributed by atoms with Gasteiger partial charge in [-0.05, 0) is 29.0 Å². The quantitative estimate of drug-likeness (QED) is 0.867. The van der Waals surface area contributed by atoms with Crippen LogP contribution in [0.4, 0.5) is 0 Å². The summed E-state index contributed by atoms with van der Waals surface area (Å²) >= 11 is 6.07. The van der Waals surface area contributed by atoms with E-state index in [2.05, 4.69) is 43.2 Å². The zero-order valence-electron chi connectivity index (χ0n) is 12.7. The molecule has 112 valence electrons. The van der Waals surface area contributed by atoms with Gasteiger partial charge in [0, 0.05) is 30.1 Å². The van der Waals surface area contributed by atoms with Gasteiger partial charge in [0.2, 0.25) is 0 Å². The first kappa shape index (κ1) is 14.6. The van der Waals surface area contributed by atoms with Gasteiger partial charge in [-0.1, -0.05) is 38.4 Å². The zero-order valence-corrected chi connectivity index (χ0v) is 13.5. The van der Waals surface area contributed by atoms with E-state index in [1.165, 1.54) is 5.56 Å². The van der Waals surface area contributed by atoms with Gasteiger partial charge in [0.1, 0.15) is 10.9 Å². The predicted octanol–water partition coefficient (Wildman–Crippen LogP) is 4.00. The lowest BCUT2D eigenvalue weighted by Gasteiger charge is -2.38. The van der Waals surface area contributed by atoms with Crippen molar-refractivity contribution in [3.8, 4) is 5.75 Å². The molecule has 4 heteroatoms. The topological polar surface area (TPSA) is 34.1 Å². The van der Waals surface area contributed by atoms with E-state index in [0.29, 0.717) is 11.1 Å².